The van der Waals surface area contributed by atoms with Crippen LogP contribution in [0.4, 0.5) is 0 Å². The van der Waals surface area contributed by atoms with Crippen molar-refractivity contribution in [1.82, 2.24) is 4.98 Å². The van der Waals surface area contributed by atoms with Gasteiger partial charge in [-0.25, -0.2) is 0 Å². The zero-order chi connectivity index (χ0) is 15.0. The molecule has 106 valence electrons. The Bertz CT molecular complexity index is 759. The number of hydrogen-bond donors (Lipinski definition) is 1. The Labute approximate surface area is 126 Å². The lowest BCUT2D eigenvalue weighted by atomic mass is 10.0. The summed E-state index contributed by atoms with van der Waals surface area (Å²) in [6, 6.07) is 11.3. The molecule has 1 N–H and O–H groups in total. The van der Waals surface area contributed by atoms with Crippen LogP contribution in [0.15, 0.2) is 42.2 Å². The molecule has 1 heterocycles. The first-order valence-corrected chi connectivity index (χ1v) is 6.91. The molecule has 2 aromatic rings. The van der Waals surface area contributed by atoms with Crippen molar-refractivity contribution in [2.45, 2.75) is 6.92 Å². The zero-order valence-electron chi connectivity index (χ0n) is 11.3. The number of ether oxygens (including phenoxy) is 1. The number of halogens is 1. The van der Waals surface area contributed by atoms with Crippen LogP contribution in [0.5, 0.6) is 0 Å². The van der Waals surface area contributed by atoms with Crippen LogP contribution < -0.4 is 0 Å². The van der Waals surface area contributed by atoms with Gasteiger partial charge in [-0.05, 0) is 18.6 Å². The lowest BCUT2D eigenvalue weighted by Gasteiger charge is -2.14. The van der Waals surface area contributed by atoms with E-state index in [-0.39, 0.29) is 23.1 Å². The summed E-state index contributed by atoms with van der Waals surface area (Å²) in [7, 11) is 0. The number of rotatable bonds is 3. The van der Waals surface area contributed by atoms with E-state index in [1.165, 1.54) is 0 Å². The molecule has 0 saturated heterocycles. The van der Waals surface area contributed by atoms with Crippen LogP contribution in [0.3, 0.4) is 0 Å². The molecule has 0 aliphatic heterocycles. The summed E-state index contributed by atoms with van der Waals surface area (Å²) in [6.07, 6.45) is 0. The van der Waals surface area contributed by atoms with Gasteiger partial charge in [0.25, 0.3) is 11.6 Å². The number of fused-ring (bicyclic) bond motifs is 1. The molecule has 1 aliphatic rings. The number of carbonyl (C=O) groups excluding carboxylic acids is 2. The van der Waals surface area contributed by atoms with Gasteiger partial charge in [-0.2, -0.15) is 0 Å². The number of Topliss-reactive ketones (excluding diaryl/α,β-unsaturated/α-hetero) is 2. The van der Waals surface area contributed by atoms with Crippen molar-refractivity contribution in [3.63, 3.8) is 0 Å². The number of benzene rings is 1. The molecule has 0 unspecified atom stereocenters. The normalized spacial score (nSPS) is 14.4. The molecule has 1 aromatic carbocycles. The molecular weight excluding hydrogens is 290 g/mol. The minimum atomic E-state index is -0.712. The molecule has 1 aromatic heterocycles. The van der Waals surface area contributed by atoms with Gasteiger partial charge in [-0.15, -0.1) is 0 Å². The maximum absolute atomic E-state index is 12.1. The number of carbonyl (C=O) groups is 2. The van der Waals surface area contributed by atoms with Gasteiger partial charge in [0.15, 0.2) is 5.76 Å². The van der Waals surface area contributed by atoms with Crippen molar-refractivity contribution >= 4 is 28.2 Å². The van der Waals surface area contributed by atoms with E-state index in [2.05, 4.69) is 4.98 Å². The van der Waals surface area contributed by atoms with Crippen LogP contribution in [-0.4, -0.2) is 23.2 Å². The van der Waals surface area contributed by atoms with Gasteiger partial charge in [-0.3, -0.25) is 9.59 Å². The largest absolute Gasteiger partial charge is 0.488 e. The van der Waals surface area contributed by atoms with E-state index in [1.54, 1.807) is 13.0 Å². The Morgan fingerprint density at radius 2 is 1.86 bits per heavy atom. The van der Waals surface area contributed by atoms with Gasteiger partial charge in [0.1, 0.15) is 0 Å². The number of aromatic amines is 1. The van der Waals surface area contributed by atoms with Crippen molar-refractivity contribution in [3.05, 3.63) is 53.4 Å². The molecule has 0 radical (unpaired) electrons. The van der Waals surface area contributed by atoms with Crippen molar-refractivity contribution < 1.29 is 14.3 Å². The van der Waals surface area contributed by atoms with Gasteiger partial charge >= 0.3 is 0 Å². The van der Waals surface area contributed by atoms with Gasteiger partial charge in [-0.1, -0.05) is 41.9 Å². The molecule has 0 fully saturated rings. The molecule has 0 amide bonds. The minimum absolute atomic E-state index is 0.0738. The molecule has 0 bridgehead atoms. The first kappa shape index (κ1) is 13.6. The third kappa shape index (κ3) is 2.17. The first-order valence-electron chi connectivity index (χ1n) is 6.54. The van der Waals surface area contributed by atoms with E-state index in [1.807, 2.05) is 30.3 Å². The number of ketones is 2. The summed E-state index contributed by atoms with van der Waals surface area (Å²) in [5.74, 6) is -1.41. The lowest BCUT2D eigenvalue weighted by Crippen LogP contribution is -2.24. The highest BCUT2D eigenvalue weighted by Crippen LogP contribution is 2.35. The Kier molecular flexibility index (Phi) is 3.39. The topological polar surface area (TPSA) is 59.2 Å². The van der Waals surface area contributed by atoms with Gasteiger partial charge < -0.3 is 9.72 Å². The highest BCUT2D eigenvalue weighted by Gasteiger charge is 2.35. The third-order valence-corrected chi connectivity index (χ3v) is 3.64. The minimum Gasteiger partial charge on any atom is -0.488 e. The van der Waals surface area contributed by atoms with Crippen molar-refractivity contribution in [2.75, 3.05) is 6.61 Å². The fourth-order valence-corrected chi connectivity index (χ4v) is 2.58. The third-order valence-electron chi connectivity index (χ3n) is 3.27. The molecule has 0 spiro atoms. The number of nitrogens with one attached hydrogen (secondary N) is 1. The molecule has 5 heteroatoms. The highest BCUT2D eigenvalue weighted by atomic mass is 35.5. The Morgan fingerprint density at radius 1 is 1.14 bits per heavy atom. The zero-order valence-corrected chi connectivity index (χ0v) is 12.0. The summed E-state index contributed by atoms with van der Waals surface area (Å²) < 4.78 is 5.21. The summed E-state index contributed by atoms with van der Waals surface area (Å²) in [4.78, 5) is 27.1. The van der Waals surface area contributed by atoms with E-state index < -0.39 is 11.6 Å². The van der Waals surface area contributed by atoms with Gasteiger partial charge in [0.2, 0.25) is 0 Å². The van der Waals surface area contributed by atoms with Gasteiger partial charge in [0.05, 0.1) is 17.3 Å². The smallest absolute Gasteiger partial charge is 0.271 e. The van der Waals surface area contributed by atoms with E-state index in [4.69, 9.17) is 16.3 Å². The predicted octanol–water partition coefficient (Wildman–Crippen LogP) is 3.39. The maximum Gasteiger partial charge on any atom is 0.271 e. The Balaban J connectivity index is 2.15. The maximum atomic E-state index is 12.1. The lowest BCUT2D eigenvalue weighted by molar-refractivity contribution is -0.114. The predicted molar refractivity (Wildman–Crippen MR) is 80.0 cm³/mol. The van der Waals surface area contributed by atoms with Crippen molar-refractivity contribution in [2.24, 2.45) is 0 Å². The van der Waals surface area contributed by atoms with Crippen molar-refractivity contribution in [3.8, 4) is 11.3 Å². The number of aromatic nitrogens is 1. The van der Waals surface area contributed by atoms with Crippen LogP contribution in [-0.2, 0) is 9.53 Å². The number of H-pyrrole nitrogens is 1. The summed E-state index contributed by atoms with van der Waals surface area (Å²) in [5, 5.41) is 0.176. The molecule has 1 aliphatic carbocycles. The Hall–Kier alpha value is -2.33. The average molecular weight is 302 g/mol. The number of hydrogen-bond acceptors (Lipinski definition) is 3. The number of allylic oxidation sites excluding steroid dienone is 1. The molecule has 3 rings (SSSR count). The summed E-state index contributed by atoms with van der Waals surface area (Å²) in [6.45, 7) is 2.01. The quantitative estimate of drug-likeness (QED) is 0.884. The molecule has 4 nitrogen and oxygen atoms in total. The fraction of sp³-hybridized carbons (Fsp3) is 0.125. The van der Waals surface area contributed by atoms with Crippen LogP contribution in [0, 0.1) is 0 Å². The second-order valence-electron chi connectivity index (χ2n) is 4.57. The van der Waals surface area contributed by atoms with Crippen LogP contribution in [0.25, 0.3) is 16.3 Å². The summed E-state index contributed by atoms with van der Waals surface area (Å²) >= 11 is 6.21. The molecule has 0 atom stereocenters. The van der Waals surface area contributed by atoms with E-state index in [0.29, 0.717) is 5.56 Å². The van der Waals surface area contributed by atoms with Crippen LogP contribution in [0.2, 0.25) is 0 Å². The summed E-state index contributed by atoms with van der Waals surface area (Å²) in [5.41, 5.74) is 2.36. The average Bonchev–Trinajstić information content (AvgIpc) is 2.96. The second-order valence-corrected chi connectivity index (χ2v) is 4.95. The van der Waals surface area contributed by atoms with E-state index in [9.17, 15) is 9.59 Å². The Morgan fingerprint density at radius 3 is 2.52 bits per heavy atom. The second kappa shape index (κ2) is 5.22. The molecular formula is C16H12ClNO3. The molecule has 0 saturated carbocycles. The van der Waals surface area contributed by atoms with Gasteiger partial charge in [0, 0.05) is 11.3 Å². The van der Waals surface area contributed by atoms with Crippen LogP contribution in [0.1, 0.15) is 23.0 Å². The monoisotopic (exact) mass is 301 g/mol. The standard InChI is InChI=1S/C16H12ClNO3/c1-2-21-16-12(17)10-8-11(9-6-4-3-5-7-9)18-13(10)14(19)15(16)20/h3-8,18H,2H2,1H3. The van der Waals surface area contributed by atoms with Crippen molar-refractivity contribution in [1.29, 1.82) is 0 Å². The first-order chi connectivity index (χ1) is 10.1. The fourth-order valence-electron chi connectivity index (χ4n) is 2.29. The van der Waals surface area contributed by atoms with E-state index in [0.717, 1.165) is 11.3 Å². The molecule has 21 heavy (non-hydrogen) atoms. The highest BCUT2D eigenvalue weighted by molar-refractivity contribution is 6.60. The SMILES string of the molecule is CCOC1=C(Cl)c2cc(-c3ccccc3)[nH]c2C(=O)C1=O. The van der Waals surface area contributed by atoms with Crippen LogP contribution >= 0.6 is 11.6 Å². The van der Waals surface area contributed by atoms with E-state index >= 15 is 0 Å².